The van der Waals surface area contributed by atoms with Crippen LogP contribution in [0.5, 0.6) is 0 Å². The van der Waals surface area contributed by atoms with Crippen LogP contribution in [0.15, 0.2) is 36.9 Å². The minimum Gasteiger partial charge on any atom is -0.466 e. The first-order chi connectivity index (χ1) is 10.6. The van der Waals surface area contributed by atoms with Crippen molar-refractivity contribution in [1.82, 2.24) is 0 Å². The Hall–Kier alpha value is -1.90. The Morgan fingerprint density at radius 1 is 1.41 bits per heavy atom. The number of aryl methyl sites for hydroxylation is 1. The largest absolute Gasteiger partial charge is 0.466 e. The van der Waals surface area contributed by atoms with E-state index in [2.05, 4.69) is 6.58 Å². The lowest BCUT2D eigenvalue weighted by molar-refractivity contribution is -0.143. The van der Waals surface area contributed by atoms with Gasteiger partial charge in [0.25, 0.3) is 0 Å². The predicted octanol–water partition coefficient (Wildman–Crippen LogP) is 4.11. The lowest BCUT2D eigenvalue weighted by Crippen LogP contribution is -2.36. The fraction of sp³-hybridized carbons (Fsp3) is 0.474. The lowest BCUT2D eigenvalue weighted by atomic mass is 9.66. The summed E-state index contributed by atoms with van der Waals surface area (Å²) in [6.07, 6.45) is 6.01. The number of ether oxygens (including phenoxy) is 1. The zero-order chi connectivity index (χ0) is 16.0. The molecular formula is C19H24O3. The second-order valence-electron chi connectivity index (χ2n) is 5.92. The molecule has 1 aliphatic carbocycles. The molecule has 118 valence electrons. The number of Topliss-reactive ketones (excluding diaryl/α,β-unsaturated/α-hetero) is 1. The highest BCUT2D eigenvalue weighted by Crippen LogP contribution is 2.42. The summed E-state index contributed by atoms with van der Waals surface area (Å²) in [6.45, 7) is 6.03. The van der Waals surface area contributed by atoms with Gasteiger partial charge in [-0.05, 0) is 44.6 Å². The summed E-state index contributed by atoms with van der Waals surface area (Å²) in [6, 6.07) is 7.84. The summed E-state index contributed by atoms with van der Waals surface area (Å²) in [5.74, 6) is 0.0259. The zero-order valence-corrected chi connectivity index (χ0v) is 13.3. The quantitative estimate of drug-likeness (QED) is 0.562. The molecule has 22 heavy (non-hydrogen) atoms. The summed E-state index contributed by atoms with van der Waals surface area (Å²) >= 11 is 0. The molecule has 0 radical (unpaired) electrons. The van der Waals surface area contributed by atoms with Crippen LogP contribution in [-0.4, -0.2) is 18.4 Å². The second-order valence-corrected chi connectivity index (χ2v) is 5.92. The third-order valence-corrected chi connectivity index (χ3v) is 4.49. The average molecular weight is 300 g/mol. The topological polar surface area (TPSA) is 43.4 Å². The van der Waals surface area contributed by atoms with Gasteiger partial charge in [-0.15, -0.1) is 6.58 Å². The van der Waals surface area contributed by atoms with E-state index in [0.29, 0.717) is 32.3 Å². The van der Waals surface area contributed by atoms with E-state index in [1.807, 2.05) is 30.3 Å². The van der Waals surface area contributed by atoms with Crippen molar-refractivity contribution in [2.75, 3.05) is 6.61 Å². The molecule has 0 bridgehead atoms. The van der Waals surface area contributed by atoms with E-state index in [0.717, 1.165) is 24.0 Å². The summed E-state index contributed by atoms with van der Waals surface area (Å²) in [4.78, 5) is 24.5. The Morgan fingerprint density at radius 3 is 2.91 bits per heavy atom. The summed E-state index contributed by atoms with van der Waals surface area (Å²) in [7, 11) is 0. The van der Waals surface area contributed by atoms with Crippen molar-refractivity contribution in [3.8, 4) is 0 Å². The molecule has 0 N–H and O–H groups in total. The maximum Gasteiger partial charge on any atom is 0.305 e. The van der Waals surface area contributed by atoms with Crippen LogP contribution in [0.4, 0.5) is 0 Å². The molecule has 3 nitrogen and oxygen atoms in total. The molecule has 1 aromatic carbocycles. The molecule has 0 spiro atoms. The molecule has 0 aliphatic heterocycles. The number of hydrogen-bond donors (Lipinski definition) is 0. The van der Waals surface area contributed by atoms with Crippen molar-refractivity contribution in [3.63, 3.8) is 0 Å². The number of allylic oxidation sites excluding steroid dienone is 1. The number of carbonyl (C=O) groups excluding carboxylic acids is 2. The zero-order valence-electron chi connectivity index (χ0n) is 13.3. The van der Waals surface area contributed by atoms with Gasteiger partial charge >= 0.3 is 5.97 Å². The molecule has 3 heteroatoms. The first-order valence-electron chi connectivity index (χ1n) is 8.02. The van der Waals surface area contributed by atoms with Crippen molar-refractivity contribution >= 4 is 11.8 Å². The third-order valence-electron chi connectivity index (χ3n) is 4.49. The van der Waals surface area contributed by atoms with Crippen molar-refractivity contribution < 1.29 is 14.3 Å². The minimum atomic E-state index is -0.400. The van der Waals surface area contributed by atoms with E-state index in [1.54, 1.807) is 6.92 Å². The van der Waals surface area contributed by atoms with Gasteiger partial charge in [0, 0.05) is 17.4 Å². The van der Waals surface area contributed by atoms with E-state index in [4.69, 9.17) is 4.74 Å². The van der Waals surface area contributed by atoms with Crippen molar-refractivity contribution in [3.05, 3.63) is 48.0 Å². The number of benzene rings is 1. The third kappa shape index (κ3) is 3.46. The van der Waals surface area contributed by atoms with Gasteiger partial charge in [-0.2, -0.15) is 0 Å². The predicted molar refractivity (Wildman–Crippen MR) is 86.8 cm³/mol. The van der Waals surface area contributed by atoms with Crippen LogP contribution in [-0.2, 0) is 16.0 Å². The molecule has 1 atom stereocenters. The minimum absolute atomic E-state index is 0.181. The Labute approximate surface area is 132 Å². The van der Waals surface area contributed by atoms with E-state index < -0.39 is 5.41 Å². The van der Waals surface area contributed by atoms with Crippen LogP contribution < -0.4 is 0 Å². The second kappa shape index (κ2) is 7.39. The van der Waals surface area contributed by atoms with E-state index >= 15 is 0 Å². The molecule has 0 aromatic heterocycles. The maximum atomic E-state index is 13.0. The van der Waals surface area contributed by atoms with Gasteiger partial charge in [0.2, 0.25) is 0 Å². The van der Waals surface area contributed by atoms with Gasteiger partial charge in [0.15, 0.2) is 5.78 Å². The molecule has 0 unspecified atom stereocenters. The number of rotatable bonds is 7. The summed E-state index contributed by atoms with van der Waals surface area (Å²) < 4.78 is 4.96. The summed E-state index contributed by atoms with van der Waals surface area (Å²) in [5, 5.41) is 0. The Balaban J connectivity index is 2.11. The van der Waals surface area contributed by atoms with E-state index in [9.17, 15) is 9.59 Å². The first kappa shape index (κ1) is 16.5. The highest BCUT2D eigenvalue weighted by atomic mass is 16.5. The molecule has 0 amide bonds. The van der Waals surface area contributed by atoms with Crippen molar-refractivity contribution in [2.24, 2.45) is 5.41 Å². The lowest BCUT2D eigenvalue weighted by Gasteiger charge is -2.36. The SMILES string of the molecule is C=CC[C@@]1(CCCC(=O)OCC)CCc2ccccc2C1=O. The first-order valence-corrected chi connectivity index (χ1v) is 8.02. The van der Waals surface area contributed by atoms with Gasteiger partial charge in [-0.25, -0.2) is 0 Å². The van der Waals surface area contributed by atoms with Crippen LogP contribution in [0.1, 0.15) is 54.9 Å². The Bertz CT molecular complexity index is 562. The molecule has 0 heterocycles. The van der Waals surface area contributed by atoms with Gasteiger partial charge < -0.3 is 4.74 Å². The van der Waals surface area contributed by atoms with E-state index in [1.165, 1.54) is 0 Å². The normalized spacial score (nSPS) is 20.3. The monoisotopic (exact) mass is 300 g/mol. The molecule has 1 aliphatic rings. The average Bonchev–Trinajstić information content (AvgIpc) is 2.52. The number of hydrogen-bond acceptors (Lipinski definition) is 3. The number of esters is 1. The molecular weight excluding hydrogens is 276 g/mol. The Kier molecular flexibility index (Phi) is 5.53. The molecule has 0 saturated carbocycles. The molecule has 0 fully saturated rings. The standard InChI is InChI=1S/C19H24O3/c1-3-12-19(13-7-10-17(20)22-4-2)14-11-15-8-5-6-9-16(15)18(19)21/h3,5-6,8-9H,1,4,7,10-14H2,2H3/t19-/m1/s1. The van der Waals surface area contributed by atoms with E-state index in [-0.39, 0.29) is 11.8 Å². The molecule has 2 rings (SSSR count). The highest BCUT2D eigenvalue weighted by molar-refractivity contribution is 6.02. The maximum absolute atomic E-state index is 13.0. The van der Waals surface area contributed by atoms with Gasteiger partial charge in [0.05, 0.1) is 6.61 Å². The van der Waals surface area contributed by atoms with Gasteiger partial charge in [0.1, 0.15) is 0 Å². The van der Waals surface area contributed by atoms with Crippen LogP contribution in [0.3, 0.4) is 0 Å². The van der Waals surface area contributed by atoms with Crippen LogP contribution in [0.25, 0.3) is 0 Å². The van der Waals surface area contributed by atoms with Crippen LogP contribution in [0.2, 0.25) is 0 Å². The molecule has 1 aromatic rings. The molecule has 0 saturated heterocycles. The number of carbonyl (C=O) groups is 2. The highest BCUT2D eigenvalue weighted by Gasteiger charge is 2.40. The summed E-state index contributed by atoms with van der Waals surface area (Å²) in [5.41, 5.74) is 1.58. The van der Waals surface area contributed by atoms with Crippen molar-refractivity contribution in [1.29, 1.82) is 0 Å². The fourth-order valence-corrected chi connectivity index (χ4v) is 3.35. The Morgan fingerprint density at radius 2 is 2.18 bits per heavy atom. The number of ketones is 1. The van der Waals surface area contributed by atoms with Crippen molar-refractivity contribution in [2.45, 2.75) is 45.4 Å². The number of fused-ring (bicyclic) bond motifs is 1. The fourth-order valence-electron chi connectivity index (χ4n) is 3.35. The smallest absolute Gasteiger partial charge is 0.305 e. The van der Waals surface area contributed by atoms with Gasteiger partial charge in [-0.1, -0.05) is 30.3 Å². The van der Waals surface area contributed by atoms with Gasteiger partial charge in [-0.3, -0.25) is 9.59 Å². The van der Waals surface area contributed by atoms with Crippen LogP contribution in [0, 0.1) is 5.41 Å². The van der Waals surface area contributed by atoms with Crippen LogP contribution >= 0.6 is 0 Å².